The van der Waals surface area contributed by atoms with Gasteiger partial charge in [0.15, 0.2) is 5.17 Å². The minimum Gasteiger partial charge on any atom is -0.495 e. The van der Waals surface area contributed by atoms with E-state index in [1.807, 2.05) is 32.9 Å². The minimum atomic E-state index is -3.94. The number of benzene rings is 2. The molecule has 0 aromatic heterocycles. The van der Waals surface area contributed by atoms with Gasteiger partial charge in [0.2, 0.25) is 0 Å². The highest BCUT2D eigenvalue weighted by Gasteiger charge is 2.35. The molecular weight excluding hydrogens is 416 g/mol. The van der Waals surface area contributed by atoms with Crippen LogP contribution in [0.5, 0.6) is 5.75 Å². The molecule has 0 amide bonds. The number of ether oxygens (including phenoxy) is 1. The van der Waals surface area contributed by atoms with E-state index in [1.165, 1.54) is 23.2 Å². The lowest BCUT2D eigenvalue weighted by molar-refractivity contribution is 0.416. The molecule has 5 nitrogen and oxygen atoms in total. The second kappa shape index (κ2) is 8.35. The summed E-state index contributed by atoms with van der Waals surface area (Å²) in [5.74, 6) is 1.23. The molecule has 0 radical (unpaired) electrons. The molecule has 0 N–H and O–H groups in total. The fourth-order valence-electron chi connectivity index (χ4n) is 3.39. The second-order valence-corrected chi connectivity index (χ2v) is 9.90. The minimum absolute atomic E-state index is 0.286. The number of hydrogen-bond acceptors (Lipinski definition) is 5. The fraction of sp³-hybridized carbons (Fsp3) is 0.350. The maximum absolute atomic E-state index is 13.9. The summed E-state index contributed by atoms with van der Waals surface area (Å²) in [5.41, 5.74) is 2.78. The number of hydrogen-bond donors (Lipinski definition) is 0. The molecule has 0 aliphatic carbocycles. The summed E-state index contributed by atoms with van der Waals surface area (Å²) >= 11 is 7.64. The van der Waals surface area contributed by atoms with Crippen molar-refractivity contribution in [1.29, 1.82) is 0 Å². The van der Waals surface area contributed by atoms with Gasteiger partial charge in [0.05, 0.1) is 12.0 Å². The number of amidine groups is 1. The number of aliphatic imine (C=N–C) groups is 1. The van der Waals surface area contributed by atoms with E-state index in [-0.39, 0.29) is 4.90 Å². The molecule has 150 valence electrons. The van der Waals surface area contributed by atoms with Crippen LogP contribution in [0.4, 0.5) is 5.69 Å². The van der Waals surface area contributed by atoms with E-state index < -0.39 is 10.0 Å². The molecule has 0 fully saturated rings. The zero-order chi connectivity index (χ0) is 20.5. The molecule has 0 atom stereocenters. The Labute approximate surface area is 175 Å². The first kappa shape index (κ1) is 21.0. The van der Waals surface area contributed by atoms with Gasteiger partial charge in [0, 0.05) is 17.3 Å². The van der Waals surface area contributed by atoms with Crippen LogP contribution in [0.25, 0.3) is 0 Å². The van der Waals surface area contributed by atoms with Crippen LogP contribution in [0.2, 0.25) is 5.02 Å². The third kappa shape index (κ3) is 4.02. The van der Waals surface area contributed by atoms with Crippen molar-refractivity contribution in [3.63, 3.8) is 0 Å². The monoisotopic (exact) mass is 438 g/mol. The van der Waals surface area contributed by atoms with E-state index in [0.29, 0.717) is 39.3 Å². The summed E-state index contributed by atoms with van der Waals surface area (Å²) in [4.78, 5) is 4.79. The van der Waals surface area contributed by atoms with Gasteiger partial charge >= 0.3 is 0 Å². The SMILES string of the molecule is COc1ccc(Cl)cc1N(C1=NCCCS1)S(=O)(=O)c1c(C)cc(C)cc1C. The summed E-state index contributed by atoms with van der Waals surface area (Å²) in [7, 11) is -2.43. The van der Waals surface area contributed by atoms with E-state index in [2.05, 4.69) is 4.99 Å². The quantitative estimate of drug-likeness (QED) is 0.676. The third-order valence-electron chi connectivity index (χ3n) is 4.42. The number of aryl methyl sites for hydroxylation is 3. The number of anilines is 1. The smallest absolute Gasteiger partial charge is 0.270 e. The predicted octanol–water partition coefficient (Wildman–Crippen LogP) is 4.96. The summed E-state index contributed by atoms with van der Waals surface area (Å²) in [6.07, 6.45) is 0.914. The number of sulfonamides is 1. The Bertz CT molecular complexity index is 1010. The molecule has 1 aliphatic rings. The van der Waals surface area contributed by atoms with Gasteiger partial charge in [-0.1, -0.05) is 41.1 Å². The van der Waals surface area contributed by atoms with Crippen molar-refractivity contribution in [2.45, 2.75) is 32.1 Å². The van der Waals surface area contributed by atoms with Crippen LogP contribution in [-0.4, -0.2) is 33.0 Å². The Morgan fingerprint density at radius 1 is 1.14 bits per heavy atom. The molecule has 3 rings (SSSR count). The second-order valence-electron chi connectivity index (χ2n) is 6.68. The molecule has 0 spiro atoms. The topological polar surface area (TPSA) is 59.0 Å². The molecule has 1 heterocycles. The normalized spacial score (nSPS) is 14.5. The van der Waals surface area contributed by atoms with Crippen molar-refractivity contribution < 1.29 is 13.2 Å². The van der Waals surface area contributed by atoms with Gasteiger partial charge in [-0.25, -0.2) is 12.7 Å². The van der Waals surface area contributed by atoms with Crippen molar-refractivity contribution in [2.75, 3.05) is 23.7 Å². The van der Waals surface area contributed by atoms with Crippen LogP contribution < -0.4 is 9.04 Å². The number of nitrogens with zero attached hydrogens (tertiary/aromatic N) is 2. The molecular formula is C20H23ClN2O3S2. The van der Waals surface area contributed by atoms with Crippen LogP contribution in [0, 0.1) is 20.8 Å². The maximum atomic E-state index is 13.9. The van der Waals surface area contributed by atoms with Gasteiger partial charge < -0.3 is 4.74 Å². The molecule has 8 heteroatoms. The van der Waals surface area contributed by atoms with Gasteiger partial charge in [-0.3, -0.25) is 4.99 Å². The molecule has 0 saturated carbocycles. The zero-order valence-electron chi connectivity index (χ0n) is 16.3. The van der Waals surface area contributed by atoms with Crippen molar-refractivity contribution >= 4 is 44.2 Å². The maximum Gasteiger partial charge on any atom is 0.270 e. The van der Waals surface area contributed by atoms with E-state index in [9.17, 15) is 8.42 Å². The lowest BCUT2D eigenvalue weighted by atomic mass is 10.1. The third-order valence-corrected chi connectivity index (χ3v) is 7.84. The Hall–Kier alpha value is -1.70. The van der Waals surface area contributed by atoms with E-state index in [0.717, 1.165) is 17.7 Å². The average Bonchev–Trinajstić information content (AvgIpc) is 2.61. The first-order chi connectivity index (χ1) is 13.3. The number of thioether (sulfide) groups is 1. The van der Waals surface area contributed by atoms with Gasteiger partial charge in [-0.05, 0) is 56.5 Å². The standard InChI is InChI=1S/C20H23ClN2O3S2/c1-13-10-14(2)19(15(3)11-13)28(24,25)23(20-22-8-5-9-27-20)17-12-16(21)6-7-18(17)26-4/h6-7,10-12H,5,8-9H2,1-4H3. The highest BCUT2D eigenvalue weighted by Crippen LogP contribution is 2.39. The highest BCUT2D eigenvalue weighted by molar-refractivity contribution is 8.15. The van der Waals surface area contributed by atoms with Crippen molar-refractivity contribution in [1.82, 2.24) is 0 Å². The summed E-state index contributed by atoms with van der Waals surface area (Å²) < 4.78 is 34.5. The molecule has 2 aromatic rings. The van der Waals surface area contributed by atoms with E-state index >= 15 is 0 Å². The molecule has 0 unspecified atom stereocenters. The van der Waals surface area contributed by atoms with E-state index in [1.54, 1.807) is 18.2 Å². The van der Waals surface area contributed by atoms with Crippen molar-refractivity contribution in [3.05, 3.63) is 52.0 Å². The Morgan fingerprint density at radius 2 is 1.82 bits per heavy atom. The zero-order valence-corrected chi connectivity index (χ0v) is 18.7. The molecule has 1 aliphatic heterocycles. The molecule has 2 aromatic carbocycles. The summed E-state index contributed by atoms with van der Waals surface area (Å²) in [6, 6.07) is 8.71. The van der Waals surface area contributed by atoms with Gasteiger partial charge in [0.1, 0.15) is 11.4 Å². The van der Waals surface area contributed by atoms with Crippen LogP contribution in [-0.2, 0) is 10.0 Å². The predicted molar refractivity (Wildman–Crippen MR) is 118 cm³/mol. The number of methoxy groups -OCH3 is 1. The molecule has 0 saturated heterocycles. The largest absolute Gasteiger partial charge is 0.495 e. The lowest BCUT2D eigenvalue weighted by Crippen LogP contribution is -2.37. The number of rotatable bonds is 4. The van der Waals surface area contributed by atoms with Crippen molar-refractivity contribution in [2.24, 2.45) is 4.99 Å². The Balaban J connectivity index is 2.29. The average molecular weight is 439 g/mol. The van der Waals surface area contributed by atoms with Gasteiger partial charge in [0.25, 0.3) is 10.0 Å². The van der Waals surface area contributed by atoms with Crippen molar-refractivity contribution in [3.8, 4) is 5.75 Å². The van der Waals surface area contributed by atoms with Crippen LogP contribution in [0.1, 0.15) is 23.1 Å². The Morgan fingerprint density at radius 3 is 2.39 bits per heavy atom. The number of halogens is 1. The fourth-order valence-corrected chi connectivity index (χ4v) is 6.65. The highest BCUT2D eigenvalue weighted by atomic mass is 35.5. The van der Waals surface area contributed by atoms with E-state index in [4.69, 9.17) is 16.3 Å². The first-order valence-corrected chi connectivity index (χ1v) is 11.7. The molecule has 0 bridgehead atoms. The van der Waals surface area contributed by atoms with Crippen LogP contribution in [0.15, 0.2) is 40.2 Å². The van der Waals surface area contributed by atoms with Crippen LogP contribution >= 0.6 is 23.4 Å². The first-order valence-electron chi connectivity index (χ1n) is 8.89. The van der Waals surface area contributed by atoms with Gasteiger partial charge in [-0.15, -0.1) is 0 Å². The Kier molecular flexibility index (Phi) is 6.27. The lowest BCUT2D eigenvalue weighted by Gasteiger charge is -2.29. The molecule has 28 heavy (non-hydrogen) atoms. The summed E-state index contributed by atoms with van der Waals surface area (Å²) in [6.45, 7) is 6.17. The summed E-state index contributed by atoms with van der Waals surface area (Å²) in [5, 5.41) is 0.862. The van der Waals surface area contributed by atoms with Gasteiger partial charge in [-0.2, -0.15) is 0 Å². The van der Waals surface area contributed by atoms with Crippen LogP contribution in [0.3, 0.4) is 0 Å².